The third kappa shape index (κ3) is 3.06. The first-order valence-corrected chi connectivity index (χ1v) is 5.57. The highest BCUT2D eigenvalue weighted by Gasteiger charge is 2.41. The molecule has 0 aliphatic rings. The maximum Gasteiger partial charge on any atom is 0.370 e. The van der Waals surface area contributed by atoms with Gasteiger partial charge in [0.15, 0.2) is 0 Å². The van der Waals surface area contributed by atoms with Crippen molar-refractivity contribution in [2.24, 2.45) is 0 Å². The quantitative estimate of drug-likeness (QED) is 0.497. The Kier molecular flexibility index (Phi) is 5.95. The molecule has 84 valence electrons. The van der Waals surface area contributed by atoms with E-state index in [0.717, 1.165) is 0 Å². The summed E-state index contributed by atoms with van der Waals surface area (Å²) in [7, 11) is 0.00680. The highest BCUT2D eigenvalue weighted by Crippen LogP contribution is 2.52. The number of hydrogen-bond donors (Lipinski definition) is 0. The highest BCUT2D eigenvalue weighted by atomic mass is 31.2. The van der Waals surface area contributed by atoms with Crippen LogP contribution in [0.3, 0.4) is 0 Å². The van der Waals surface area contributed by atoms with Crippen LogP contribution in [0.4, 0.5) is 0 Å². The minimum absolute atomic E-state index is 0.173. The third-order valence-corrected chi connectivity index (χ3v) is 3.52. The average molecular weight is 226 g/mol. The molecule has 7 heteroatoms. The second kappa shape index (κ2) is 6.14. The number of rotatable bonds is 6. The molecule has 0 aliphatic heterocycles. The molecule has 0 fully saturated rings. The lowest BCUT2D eigenvalue weighted by atomic mass is 10.7. The molecule has 6 nitrogen and oxygen atoms in total. The molecule has 0 saturated heterocycles. The second-order valence-corrected chi connectivity index (χ2v) is 4.52. The Balaban J connectivity index is 4.69. The van der Waals surface area contributed by atoms with Gasteiger partial charge in [0, 0.05) is 21.3 Å². The maximum atomic E-state index is 11.7. The molecule has 0 heterocycles. The van der Waals surface area contributed by atoms with Crippen molar-refractivity contribution in [2.75, 3.05) is 27.9 Å². The predicted octanol–water partition coefficient (Wildman–Crippen LogP) is 1.01. The van der Waals surface area contributed by atoms with Crippen molar-refractivity contribution in [3.63, 3.8) is 0 Å². The molecule has 0 saturated carbocycles. The largest absolute Gasteiger partial charge is 0.464 e. The van der Waals surface area contributed by atoms with Gasteiger partial charge in [0.05, 0.1) is 6.61 Å². The molecule has 0 amide bonds. The van der Waals surface area contributed by atoms with Gasteiger partial charge in [-0.05, 0) is 6.92 Å². The van der Waals surface area contributed by atoms with Gasteiger partial charge >= 0.3 is 13.6 Å². The second-order valence-electron chi connectivity index (χ2n) is 2.25. The molecule has 0 rings (SSSR count). The summed E-state index contributed by atoms with van der Waals surface area (Å²) in [4.78, 5) is 11.3. The fourth-order valence-electron chi connectivity index (χ4n) is 0.834. The van der Waals surface area contributed by atoms with Crippen LogP contribution in [-0.2, 0) is 27.9 Å². The van der Waals surface area contributed by atoms with Crippen LogP contribution < -0.4 is 0 Å². The van der Waals surface area contributed by atoms with Gasteiger partial charge in [-0.2, -0.15) is 0 Å². The van der Waals surface area contributed by atoms with E-state index in [0.29, 0.717) is 0 Å². The van der Waals surface area contributed by atoms with Crippen LogP contribution in [0.2, 0.25) is 0 Å². The summed E-state index contributed by atoms with van der Waals surface area (Å²) >= 11 is 0. The van der Waals surface area contributed by atoms with Crippen LogP contribution in [0.1, 0.15) is 6.92 Å². The summed E-state index contributed by atoms with van der Waals surface area (Å²) in [5, 5.41) is 0. The lowest BCUT2D eigenvalue weighted by Crippen LogP contribution is -2.26. The molecular formula is C7H15O6P. The van der Waals surface area contributed by atoms with Crippen LogP contribution in [0.15, 0.2) is 0 Å². The van der Waals surface area contributed by atoms with Crippen molar-refractivity contribution in [3.05, 3.63) is 0 Å². The van der Waals surface area contributed by atoms with E-state index in [1.54, 1.807) is 6.92 Å². The lowest BCUT2D eigenvalue weighted by Gasteiger charge is -2.20. The Hall–Kier alpha value is -0.420. The van der Waals surface area contributed by atoms with Crippen molar-refractivity contribution in [2.45, 2.75) is 12.8 Å². The molecule has 1 unspecified atom stereocenters. The minimum Gasteiger partial charge on any atom is -0.464 e. The predicted molar refractivity (Wildman–Crippen MR) is 49.1 cm³/mol. The summed E-state index contributed by atoms with van der Waals surface area (Å²) in [6.45, 7) is 1.81. The summed E-state index contributed by atoms with van der Waals surface area (Å²) in [5.41, 5.74) is 0. The monoisotopic (exact) mass is 226 g/mol. The Labute approximate surface area is 83.0 Å². The standard InChI is InChI=1S/C7H15O6P/c1-5-13-6(8)7(10-2)14(9,11-3)12-4/h7H,5H2,1-4H3. The minimum atomic E-state index is -3.57. The molecule has 0 radical (unpaired) electrons. The summed E-state index contributed by atoms with van der Waals surface area (Å²) < 4.78 is 30.3. The zero-order chi connectivity index (χ0) is 11.2. The first-order valence-electron chi connectivity index (χ1n) is 3.96. The summed E-state index contributed by atoms with van der Waals surface area (Å²) in [6.07, 6.45) is 0. The SMILES string of the molecule is CCOC(=O)C(OC)P(=O)(OC)OC. The van der Waals surface area contributed by atoms with E-state index in [4.69, 9.17) is 4.74 Å². The third-order valence-electron chi connectivity index (χ3n) is 1.51. The van der Waals surface area contributed by atoms with Gasteiger partial charge in [0.1, 0.15) is 0 Å². The van der Waals surface area contributed by atoms with Gasteiger partial charge in [0.2, 0.25) is 0 Å². The lowest BCUT2D eigenvalue weighted by molar-refractivity contribution is -0.150. The van der Waals surface area contributed by atoms with Crippen LogP contribution in [0, 0.1) is 0 Å². The van der Waals surface area contributed by atoms with E-state index < -0.39 is 19.4 Å². The number of carbonyl (C=O) groups is 1. The Morgan fingerprint density at radius 1 is 1.29 bits per heavy atom. The zero-order valence-electron chi connectivity index (χ0n) is 8.68. The zero-order valence-corrected chi connectivity index (χ0v) is 9.58. The maximum absolute atomic E-state index is 11.7. The first kappa shape index (κ1) is 13.6. The smallest absolute Gasteiger partial charge is 0.370 e. The first-order chi connectivity index (χ1) is 6.55. The van der Waals surface area contributed by atoms with Gasteiger partial charge in [-0.3, -0.25) is 4.57 Å². The molecule has 0 aromatic carbocycles. The van der Waals surface area contributed by atoms with E-state index in [1.807, 2.05) is 0 Å². The molecule has 0 aliphatic carbocycles. The molecule has 0 bridgehead atoms. The van der Waals surface area contributed by atoms with Gasteiger partial charge in [0.25, 0.3) is 5.85 Å². The van der Waals surface area contributed by atoms with Crippen LogP contribution in [0.25, 0.3) is 0 Å². The molecule has 0 spiro atoms. The summed E-state index contributed by atoms with van der Waals surface area (Å²) in [5.74, 6) is -2.10. The van der Waals surface area contributed by atoms with Crippen LogP contribution >= 0.6 is 7.60 Å². The summed E-state index contributed by atoms with van der Waals surface area (Å²) in [6, 6.07) is 0. The Morgan fingerprint density at radius 3 is 2.07 bits per heavy atom. The Morgan fingerprint density at radius 2 is 1.79 bits per heavy atom. The number of hydrogen-bond acceptors (Lipinski definition) is 6. The topological polar surface area (TPSA) is 71.1 Å². The Bertz CT molecular complexity index is 220. The van der Waals surface area contributed by atoms with Crippen molar-refractivity contribution in [1.82, 2.24) is 0 Å². The van der Waals surface area contributed by atoms with E-state index in [1.165, 1.54) is 21.3 Å². The van der Waals surface area contributed by atoms with E-state index >= 15 is 0 Å². The molecule has 0 N–H and O–H groups in total. The fourth-order valence-corrected chi connectivity index (χ4v) is 1.96. The number of ether oxygens (including phenoxy) is 2. The van der Waals surface area contributed by atoms with Crippen LogP contribution in [-0.4, -0.2) is 39.8 Å². The fraction of sp³-hybridized carbons (Fsp3) is 0.857. The molecular weight excluding hydrogens is 211 g/mol. The van der Waals surface area contributed by atoms with E-state index in [9.17, 15) is 9.36 Å². The number of carbonyl (C=O) groups excluding carboxylic acids is 1. The number of esters is 1. The van der Waals surface area contributed by atoms with Crippen molar-refractivity contribution in [3.8, 4) is 0 Å². The van der Waals surface area contributed by atoms with Crippen molar-refractivity contribution >= 4 is 13.6 Å². The van der Waals surface area contributed by atoms with Crippen LogP contribution in [0.5, 0.6) is 0 Å². The molecule has 0 aromatic rings. The van der Waals surface area contributed by atoms with Gasteiger partial charge in [-0.1, -0.05) is 0 Å². The molecule has 14 heavy (non-hydrogen) atoms. The average Bonchev–Trinajstić information content (AvgIpc) is 2.19. The van der Waals surface area contributed by atoms with Gasteiger partial charge in [-0.15, -0.1) is 0 Å². The van der Waals surface area contributed by atoms with E-state index in [-0.39, 0.29) is 6.61 Å². The number of methoxy groups -OCH3 is 1. The molecule has 1 atom stereocenters. The molecule has 0 aromatic heterocycles. The van der Waals surface area contributed by atoms with Crippen molar-refractivity contribution in [1.29, 1.82) is 0 Å². The van der Waals surface area contributed by atoms with Gasteiger partial charge < -0.3 is 18.5 Å². The van der Waals surface area contributed by atoms with Crippen molar-refractivity contribution < 1.29 is 27.9 Å². The highest BCUT2D eigenvalue weighted by molar-refractivity contribution is 7.55. The van der Waals surface area contributed by atoms with Gasteiger partial charge in [-0.25, -0.2) is 4.79 Å². The van der Waals surface area contributed by atoms with E-state index in [2.05, 4.69) is 13.8 Å². The normalized spacial score (nSPS) is 13.7.